The van der Waals surface area contributed by atoms with E-state index in [4.69, 9.17) is 6.48 Å². The predicted octanol–water partition coefficient (Wildman–Crippen LogP) is 1.17. The molecule has 0 fully saturated rings. The molecule has 5 heteroatoms. The number of carbonyl (C=O) groups is 2. The van der Waals surface area contributed by atoms with Gasteiger partial charge in [0.1, 0.15) is 6.58 Å². The Bertz CT molecular complexity index is 388. The van der Waals surface area contributed by atoms with Crippen molar-refractivity contribution in [2.75, 3.05) is 13.2 Å². The van der Waals surface area contributed by atoms with E-state index in [1.165, 1.54) is 0 Å². The van der Waals surface area contributed by atoms with Crippen molar-refractivity contribution in [3.8, 4) is 0 Å². The number of esters is 1. The van der Waals surface area contributed by atoms with Crippen molar-refractivity contribution in [3.63, 3.8) is 0 Å². The van der Waals surface area contributed by atoms with Crippen molar-refractivity contribution >= 4 is 27.7 Å². The molecule has 4 nitrogen and oxygen atoms in total. The van der Waals surface area contributed by atoms with Crippen molar-refractivity contribution in [2.24, 2.45) is 0 Å². The first-order valence-electron chi connectivity index (χ1n) is 4.64. The van der Waals surface area contributed by atoms with Gasteiger partial charge in [-0.05, 0) is 12.1 Å². The highest BCUT2D eigenvalue weighted by Crippen LogP contribution is 2.10. The van der Waals surface area contributed by atoms with E-state index in [9.17, 15) is 9.59 Å². The molecule has 80 valence electrons. The first-order chi connectivity index (χ1) is 7.50. The van der Waals surface area contributed by atoms with Crippen molar-refractivity contribution in [1.29, 1.82) is 0 Å². The van der Waals surface area contributed by atoms with Crippen LogP contribution in [0.25, 0.3) is 0 Å². The average molecular weight is 275 g/mol. The van der Waals surface area contributed by atoms with Gasteiger partial charge in [0.2, 0.25) is 0 Å². The van der Waals surface area contributed by atoms with Crippen LogP contribution in [-0.4, -0.2) is 30.0 Å². The minimum absolute atomic E-state index is 0.387. The number of Topliss-reactive ketones (excluding diaryl/α,β-unsaturated/α-hetero) is 1. The number of benzene rings is 1. The Morgan fingerprint density at radius 3 is 2.53 bits per heavy atom. The SMILES string of the molecule is [3H]C(O)C(=O)OCC(=O)c1ccc(Br)cc1. The van der Waals surface area contributed by atoms with Crippen LogP contribution in [0, 0.1) is 0 Å². The average Bonchev–Trinajstić information content (AvgIpc) is 2.26. The molecule has 15 heavy (non-hydrogen) atoms. The predicted molar refractivity (Wildman–Crippen MR) is 56.5 cm³/mol. The van der Waals surface area contributed by atoms with Crippen molar-refractivity contribution in [2.45, 2.75) is 0 Å². The Kier molecular flexibility index (Phi) is 3.87. The van der Waals surface area contributed by atoms with Crippen LogP contribution in [0.1, 0.15) is 11.7 Å². The standard InChI is InChI=1S/C10H9BrO4/c11-8-3-1-7(2-4-8)9(13)6-15-10(14)5-12/h1-4,12H,5-6H2/i5T. The summed E-state index contributed by atoms with van der Waals surface area (Å²) in [6, 6.07) is 6.54. The molecule has 0 saturated heterocycles. The van der Waals surface area contributed by atoms with Crippen LogP contribution in [-0.2, 0) is 9.53 Å². The third kappa shape index (κ3) is 3.81. The number of aliphatic hydroxyl groups excluding tert-OH is 1. The second-order valence-corrected chi connectivity index (χ2v) is 3.58. The molecular formula is C10H9BrO4. The van der Waals surface area contributed by atoms with Crippen LogP contribution in [0.3, 0.4) is 0 Å². The molecule has 0 spiro atoms. The minimum Gasteiger partial charge on any atom is -0.456 e. The third-order valence-corrected chi connectivity index (χ3v) is 2.15. The van der Waals surface area contributed by atoms with Gasteiger partial charge in [-0.25, -0.2) is 4.79 Å². The maximum atomic E-state index is 11.4. The zero-order chi connectivity index (χ0) is 12.1. The molecule has 0 aliphatic rings. The highest BCUT2D eigenvalue weighted by Gasteiger charge is 2.08. The van der Waals surface area contributed by atoms with Crippen molar-refractivity contribution < 1.29 is 20.8 Å². The topological polar surface area (TPSA) is 63.6 Å². The van der Waals surface area contributed by atoms with Crippen molar-refractivity contribution in [1.82, 2.24) is 0 Å². The maximum absolute atomic E-state index is 11.4. The van der Waals surface area contributed by atoms with E-state index < -0.39 is 19.2 Å². The molecule has 1 aromatic rings. The second-order valence-electron chi connectivity index (χ2n) is 2.67. The van der Waals surface area contributed by atoms with Crippen LogP contribution in [0.2, 0.25) is 0 Å². The summed E-state index contributed by atoms with van der Waals surface area (Å²) in [6.07, 6.45) is 0. The minimum atomic E-state index is -1.96. The van der Waals surface area contributed by atoms with Crippen LogP contribution < -0.4 is 0 Å². The fraction of sp³-hybridized carbons (Fsp3) is 0.200. The third-order valence-electron chi connectivity index (χ3n) is 1.62. The molecule has 0 aliphatic heterocycles. The summed E-state index contributed by atoms with van der Waals surface area (Å²) in [5, 5.41) is 8.52. The number of hydrogen-bond donors (Lipinski definition) is 1. The summed E-state index contributed by atoms with van der Waals surface area (Å²) >= 11 is 3.22. The van der Waals surface area contributed by atoms with Crippen LogP contribution in [0.15, 0.2) is 28.7 Å². The first kappa shape index (κ1) is 10.3. The van der Waals surface area contributed by atoms with Gasteiger partial charge in [0.25, 0.3) is 0 Å². The smallest absolute Gasteiger partial charge is 0.332 e. The van der Waals surface area contributed by atoms with Gasteiger partial charge in [0.05, 0.1) is 1.37 Å². The van der Waals surface area contributed by atoms with E-state index in [1.807, 2.05) is 0 Å². The van der Waals surface area contributed by atoms with Gasteiger partial charge < -0.3 is 9.84 Å². The summed E-state index contributed by atoms with van der Waals surface area (Å²) in [6.45, 7) is -2.44. The fourth-order valence-corrected chi connectivity index (χ4v) is 1.16. The van der Waals surface area contributed by atoms with Gasteiger partial charge >= 0.3 is 5.97 Å². The Balaban J connectivity index is 2.53. The Morgan fingerprint density at radius 1 is 1.40 bits per heavy atom. The molecule has 1 N–H and O–H groups in total. The molecule has 0 heterocycles. The zero-order valence-corrected chi connectivity index (χ0v) is 9.23. The first-order valence-corrected chi connectivity index (χ1v) is 4.85. The quantitative estimate of drug-likeness (QED) is 0.661. The van der Waals surface area contributed by atoms with Crippen LogP contribution in [0.4, 0.5) is 0 Å². The zero-order valence-electron chi connectivity index (χ0n) is 8.64. The van der Waals surface area contributed by atoms with Crippen molar-refractivity contribution in [3.05, 3.63) is 34.3 Å². The van der Waals surface area contributed by atoms with E-state index in [0.29, 0.717) is 5.56 Å². The van der Waals surface area contributed by atoms with Gasteiger partial charge in [-0.15, -0.1) is 0 Å². The molecule has 0 aromatic heterocycles. The van der Waals surface area contributed by atoms with Crippen LogP contribution >= 0.6 is 15.9 Å². The van der Waals surface area contributed by atoms with E-state index >= 15 is 0 Å². The molecule has 1 rings (SSSR count). The lowest BCUT2D eigenvalue weighted by molar-refractivity contribution is -0.145. The number of rotatable bonds is 4. The van der Waals surface area contributed by atoms with Gasteiger partial charge in [-0.3, -0.25) is 4.79 Å². The lowest BCUT2D eigenvalue weighted by Gasteiger charge is -2.02. The largest absolute Gasteiger partial charge is 0.456 e. The van der Waals surface area contributed by atoms with Gasteiger partial charge in [0.15, 0.2) is 12.4 Å². The van der Waals surface area contributed by atoms with Gasteiger partial charge in [-0.2, -0.15) is 0 Å². The molecule has 0 saturated carbocycles. The highest BCUT2D eigenvalue weighted by molar-refractivity contribution is 9.10. The fourth-order valence-electron chi connectivity index (χ4n) is 0.893. The molecular weight excluding hydrogens is 264 g/mol. The summed E-state index contributed by atoms with van der Waals surface area (Å²) in [7, 11) is 0. The molecule has 0 radical (unpaired) electrons. The summed E-state index contributed by atoms with van der Waals surface area (Å²) in [5.41, 5.74) is 0.399. The Labute approximate surface area is 96.4 Å². The lowest BCUT2D eigenvalue weighted by atomic mass is 10.1. The second kappa shape index (κ2) is 5.63. The lowest BCUT2D eigenvalue weighted by Crippen LogP contribution is -2.16. The van der Waals surface area contributed by atoms with E-state index in [1.54, 1.807) is 24.3 Å². The van der Waals surface area contributed by atoms with E-state index in [2.05, 4.69) is 20.7 Å². The van der Waals surface area contributed by atoms with E-state index in [-0.39, 0.29) is 5.78 Å². The maximum Gasteiger partial charge on any atom is 0.332 e. The van der Waals surface area contributed by atoms with Crippen LogP contribution in [0.5, 0.6) is 0 Å². The number of ketones is 1. The number of aliphatic hydroxyl groups is 1. The summed E-state index contributed by atoms with van der Waals surface area (Å²) in [4.78, 5) is 22.2. The van der Waals surface area contributed by atoms with Gasteiger partial charge in [-0.1, -0.05) is 28.1 Å². The van der Waals surface area contributed by atoms with Gasteiger partial charge in [0, 0.05) is 10.0 Å². The number of hydrogen-bond acceptors (Lipinski definition) is 4. The molecule has 1 unspecified atom stereocenters. The van der Waals surface area contributed by atoms with E-state index in [0.717, 1.165) is 4.47 Å². The highest BCUT2D eigenvalue weighted by atomic mass is 79.9. The number of ether oxygens (including phenoxy) is 1. The monoisotopic (exact) mass is 274 g/mol. The number of halogens is 1. The molecule has 1 aromatic carbocycles. The Hall–Kier alpha value is -1.20. The molecule has 0 aliphatic carbocycles. The molecule has 1 atom stereocenters. The number of carbonyl (C=O) groups excluding carboxylic acids is 2. The molecule has 0 bridgehead atoms. The molecule has 0 amide bonds. The summed E-state index contributed by atoms with van der Waals surface area (Å²) < 4.78 is 11.9. The normalized spacial score (nSPS) is 12.8. The Morgan fingerprint density at radius 2 is 2.00 bits per heavy atom. The summed E-state index contributed by atoms with van der Waals surface area (Å²) in [5.74, 6) is -1.52.